The van der Waals surface area contributed by atoms with Crippen molar-refractivity contribution in [3.63, 3.8) is 0 Å². The van der Waals surface area contributed by atoms with E-state index in [1.165, 1.54) is 16.7 Å². The number of hydrogen-bond acceptors (Lipinski definition) is 2. The first-order valence-corrected chi connectivity index (χ1v) is 7.79. The molecule has 2 aromatic rings. The van der Waals surface area contributed by atoms with Gasteiger partial charge in [-0.05, 0) is 53.6 Å². The normalized spacial score (nSPS) is 21.0. The van der Waals surface area contributed by atoms with Gasteiger partial charge < -0.3 is 5.32 Å². The van der Waals surface area contributed by atoms with Crippen LogP contribution < -0.4 is 5.32 Å². The summed E-state index contributed by atoms with van der Waals surface area (Å²) in [6.07, 6.45) is 4.82. The molecule has 21 heavy (non-hydrogen) atoms. The lowest BCUT2D eigenvalue weighted by atomic mass is 9.84. The van der Waals surface area contributed by atoms with E-state index in [0.29, 0.717) is 6.04 Å². The highest BCUT2D eigenvalue weighted by molar-refractivity contribution is 6.30. The zero-order valence-electron chi connectivity index (χ0n) is 12.7. The minimum Gasteiger partial charge on any atom is -0.303 e. The van der Waals surface area contributed by atoms with E-state index in [1.807, 2.05) is 24.5 Å². The van der Waals surface area contributed by atoms with E-state index < -0.39 is 0 Å². The molecule has 0 bridgehead atoms. The summed E-state index contributed by atoms with van der Waals surface area (Å²) in [5, 5.41) is 4.58. The fourth-order valence-corrected chi connectivity index (χ4v) is 3.48. The minimum atomic E-state index is 0.184. The lowest BCUT2D eigenvalue weighted by Gasteiger charge is -2.31. The van der Waals surface area contributed by atoms with Gasteiger partial charge in [-0.3, -0.25) is 4.98 Å². The molecule has 1 aromatic heterocycles. The van der Waals surface area contributed by atoms with Gasteiger partial charge in [0.1, 0.15) is 0 Å². The summed E-state index contributed by atoms with van der Waals surface area (Å²) < 4.78 is 0. The van der Waals surface area contributed by atoms with Crippen LogP contribution >= 0.6 is 11.6 Å². The van der Waals surface area contributed by atoms with E-state index in [1.54, 1.807) is 0 Å². The third kappa shape index (κ3) is 2.83. The molecule has 3 heteroatoms. The van der Waals surface area contributed by atoms with Gasteiger partial charge >= 0.3 is 0 Å². The molecule has 0 radical (unpaired) electrons. The predicted molar refractivity (Wildman–Crippen MR) is 87.5 cm³/mol. The number of fused-ring (bicyclic) bond motifs is 1. The largest absolute Gasteiger partial charge is 0.303 e. The third-order valence-electron chi connectivity index (χ3n) is 4.45. The van der Waals surface area contributed by atoms with Gasteiger partial charge in [-0.2, -0.15) is 0 Å². The Balaban J connectivity index is 1.89. The molecule has 0 fully saturated rings. The molecule has 110 valence electrons. The Morgan fingerprint density at radius 2 is 2.14 bits per heavy atom. The molecular formula is C18H21ClN2. The smallest absolute Gasteiger partial charge is 0.0409 e. The number of nitrogens with zero attached hydrogens (tertiary/aromatic N) is 1. The molecule has 3 rings (SSSR count). The van der Waals surface area contributed by atoms with Crippen LogP contribution in [0.15, 0.2) is 42.7 Å². The molecular weight excluding hydrogens is 280 g/mol. The molecule has 2 atom stereocenters. The van der Waals surface area contributed by atoms with Crippen molar-refractivity contribution in [2.75, 3.05) is 0 Å². The summed E-state index contributed by atoms with van der Waals surface area (Å²) in [5.41, 5.74) is 4.14. The van der Waals surface area contributed by atoms with E-state index in [9.17, 15) is 0 Å². The first-order valence-electron chi connectivity index (χ1n) is 7.42. The molecule has 1 aliphatic carbocycles. The topological polar surface area (TPSA) is 24.9 Å². The Morgan fingerprint density at radius 1 is 1.33 bits per heavy atom. The van der Waals surface area contributed by atoms with Gasteiger partial charge in [0.2, 0.25) is 0 Å². The Labute approximate surface area is 131 Å². The number of hydrogen-bond donors (Lipinski definition) is 1. The second-order valence-electron chi connectivity index (χ2n) is 6.62. The van der Waals surface area contributed by atoms with E-state index in [0.717, 1.165) is 11.4 Å². The second kappa shape index (κ2) is 5.43. The molecule has 2 nitrogen and oxygen atoms in total. The average Bonchev–Trinajstić information content (AvgIpc) is 2.71. The van der Waals surface area contributed by atoms with E-state index in [4.69, 9.17) is 11.6 Å². The summed E-state index contributed by atoms with van der Waals surface area (Å²) in [5.74, 6) is 0. The summed E-state index contributed by atoms with van der Waals surface area (Å²) in [7, 11) is 0. The first-order chi connectivity index (χ1) is 9.97. The van der Waals surface area contributed by atoms with Crippen molar-refractivity contribution in [2.24, 2.45) is 5.41 Å². The van der Waals surface area contributed by atoms with Crippen LogP contribution in [0.25, 0.3) is 0 Å². The summed E-state index contributed by atoms with van der Waals surface area (Å²) in [6, 6.07) is 10.9. The molecule has 1 unspecified atom stereocenters. The lowest BCUT2D eigenvalue weighted by Crippen LogP contribution is -2.33. The van der Waals surface area contributed by atoms with Crippen LogP contribution in [-0.4, -0.2) is 4.98 Å². The van der Waals surface area contributed by atoms with Crippen LogP contribution in [0.4, 0.5) is 0 Å². The second-order valence-corrected chi connectivity index (χ2v) is 7.05. The fourth-order valence-electron chi connectivity index (χ4n) is 3.30. The minimum absolute atomic E-state index is 0.184. The van der Waals surface area contributed by atoms with Gasteiger partial charge in [-0.1, -0.05) is 37.6 Å². The Kier molecular flexibility index (Phi) is 3.76. The van der Waals surface area contributed by atoms with Gasteiger partial charge in [0, 0.05) is 29.5 Å². The standard InChI is InChI=1S/C18H21ClN2/c1-12(14-5-4-8-20-11-14)21-17-16-9-15(19)7-6-13(16)10-18(17,2)3/h4-9,11-12,17,21H,10H2,1-3H3/t12-,17?/m1/s1. The highest BCUT2D eigenvalue weighted by Gasteiger charge is 2.39. The van der Waals surface area contributed by atoms with E-state index in [2.05, 4.69) is 49.3 Å². The van der Waals surface area contributed by atoms with Crippen LogP contribution in [0.5, 0.6) is 0 Å². The maximum atomic E-state index is 6.20. The molecule has 0 amide bonds. The van der Waals surface area contributed by atoms with Crippen LogP contribution in [0.3, 0.4) is 0 Å². The zero-order chi connectivity index (χ0) is 15.0. The first kappa shape index (κ1) is 14.6. The van der Waals surface area contributed by atoms with E-state index in [-0.39, 0.29) is 11.5 Å². The van der Waals surface area contributed by atoms with Crippen molar-refractivity contribution in [1.29, 1.82) is 0 Å². The molecule has 0 spiro atoms. The number of benzene rings is 1. The molecule has 1 aliphatic rings. The van der Waals surface area contributed by atoms with Gasteiger partial charge in [0.25, 0.3) is 0 Å². The number of halogens is 1. The van der Waals surface area contributed by atoms with Crippen molar-refractivity contribution in [3.8, 4) is 0 Å². The van der Waals surface area contributed by atoms with Gasteiger partial charge in [0.15, 0.2) is 0 Å². The van der Waals surface area contributed by atoms with Crippen LogP contribution in [-0.2, 0) is 6.42 Å². The molecule has 1 N–H and O–H groups in total. The molecule has 1 aromatic carbocycles. The van der Waals surface area contributed by atoms with Gasteiger partial charge in [-0.25, -0.2) is 0 Å². The third-order valence-corrected chi connectivity index (χ3v) is 4.68. The zero-order valence-corrected chi connectivity index (χ0v) is 13.5. The summed E-state index contributed by atoms with van der Waals surface area (Å²) >= 11 is 6.20. The Bertz CT molecular complexity index is 637. The van der Waals surface area contributed by atoms with Gasteiger partial charge in [-0.15, -0.1) is 0 Å². The molecule has 0 saturated heterocycles. The number of nitrogens with one attached hydrogen (secondary N) is 1. The van der Waals surface area contributed by atoms with Crippen molar-refractivity contribution < 1.29 is 0 Å². The highest BCUT2D eigenvalue weighted by Crippen LogP contribution is 2.46. The van der Waals surface area contributed by atoms with Crippen molar-refractivity contribution in [1.82, 2.24) is 10.3 Å². The van der Waals surface area contributed by atoms with Crippen molar-refractivity contribution in [3.05, 3.63) is 64.4 Å². The lowest BCUT2D eigenvalue weighted by molar-refractivity contribution is 0.252. The average molecular weight is 301 g/mol. The fraction of sp³-hybridized carbons (Fsp3) is 0.389. The van der Waals surface area contributed by atoms with Crippen molar-refractivity contribution >= 4 is 11.6 Å². The van der Waals surface area contributed by atoms with Crippen LogP contribution in [0.2, 0.25) is 5.02 Å². The highest BCUT2D eigenvalue weighted by atomic mass is 35.5. The van der Waals surface area contributed by atoms with E-state index >= 15 is 0 Å². The number of aromatic nitrogens is 1. The summed E-state index contributed by atoms with van der Waals surface area (Å²) in [4.78, 5) is 4.21. The Hall–Kier alpha value is -1.38. The number of pyridine rings is 1. The SMILES string of the molecule is C[C@@H](NC1c2cc(Cl)ccc2CC1(C)C)c1cccnc1. The maximum absolute atomic E-state index is 6.20. The van der Waals surface area contributed by atoms with Crippen LogP contribution in [0.1, 0.15) is 49.5 Å². The quantitative estimate of drug-likeness (QED) is 0.888. The Morgan fingerprint density at radius 3 is 2.86 bits per heavy atom. The summed E-state index contributed by atoms with van der Waals surface area (Å²) in [6.45, 7) is 6.82. The monoisotopic (exact) mass is 300 g/mol. The van der Waals surface area contributed by atoms with Crippen LogP contribution in [0, 0.1) is 5.41 Å². The van der Waals surface area contributed by atoms with Gasteiger partial charge in [0.05, 0.1) is 0 Å². The van der Waals surface area contributed by atoms with Crippen molar-refractivity contribution in [2.45, 2.75) is 39.3 Å². The molecule has 0 saturated carbocycles. The molecule has 0 aliphatic heterocycles. The predicted octanol–water partition coefficient (Wildman–Crippen LogP) is 4.71. The number of rotatable bonds is 3. The maximum Gasteiger partial charge on any atom is 0.0409 e. The molecule has 1 heterocycles.